The molecular weight excluding hydrogens is 354 g/mol. The Bertz CT molecular complexity index is 619. The van der Waals surface area contributed by atoms with Gasteiger partial charge in [0.15, 0.2) is 0 Å². The molecule has 7 nitrogen and oxygen atoms in total. The van der Waals surface area contributed by atoms with E-state index in [-0.39, 0.29) is 17.9 Å². The molecule has 0 aliphatic carbocycles. The van der Waals surface area contributed by atoms with E-state index in [0.717, 1.165) is 45.3 Å². The van der Waals surface area contributed by atoms with Crippen molar-refractivity contribution in [3.05, 3.63) is 23.4 Å². The molecule has 0 radical (unpaired) electrons. The van der Waals surface area contributed by atoms with Crippen molar-refractivity contribution in [2.24, 2.45) is 5.92 Å². The molecule has 3 heterocycles. The first-order valence-corrected chi connectivity index (χ1v) is 9.63. The third kappa shape index (κ3) is 5.65. The largest absolute Gasteiger partial charge is 0.354 e. The van der Waals surface area contributed by atoms with E-state index in [1.54, 1.807) is 12.1 Å². The quantitative estimate of drug-likeness (QED) is 0.692. The summed E-state index contributed by atoms with van der Waals surface area (Å²) in [6.45, 7) is 3.65. The summed E-state index contributed by atoms with van der Waals surface area (Å²) < 4.78 is 0. The van der Waals surface area contributed by atoms with Crippen LogP contribution in [-0.2, 0) is 9.59 Å². The van der Waals surface area contributed by atoms with Gasteiger partial charge in [-0.1, -0.05) is 11.6 Å². The molecule has 8 heteroatoms. The number of anilines is 1. The van der Waals surface area contributed by atoms with Crippen LogP contribution in [0.15, 0.2) is 18.3 Å². The molecule has 3 N–H and O–H groups in total. The molecule has 2 atom stereocenters. The molecule has 0 bridgehead atoms. The van der Waals surface area contributed by atoms with Crippen LogP contribution in [0.3, 0.4) is 0 Å². The van der Waals surface area contributed by atoms with E-state index in [0.29, 0.717) is 29.8 Å². The predicted molar refractivity (Wildman–Crippen MR) is 101 cm³/mol. The second kappa shape index (κ2) is 9.30. The van der Waals surface area contributed by atoms with Crippen LogP contribution in [0.5, 0.6) is 0 Å². The summed E-state index contributed by atoms with van der Waals surface area (Å²) in [6, 6.07) is 3.35. The Morgan fingerprint density at radius 1 is 1.31 bits per heavy atom. The van der Waals surface area contributed by atoms with Gasteiger partial charge in [-0.15, -0.1) is 0 Å². The first kappa shape index (κ1) is 19.1. The smallest absolute Gasteiger partial charge is 0.239 e. The van der Waals surface area contributed by atoms with E-state index in [1.165, 1.54) is 6.20 Å². The number of aromatic nitrogens is 1. The molecular formula is C18H26ClN5O2. The molecule has 2 unspecified atom stereocenters. The zero-order valence-electron chi connectivity index (χ0n) is 14.8. The number of halogens is 1. The van der Waals surface area contributed by atoms with Crippen molar-refractivity contribution in [3.63, 3.8) is 0 Å². The molecule has 1 aromatic heterocycles. The van der Waals surface area contributed by atoms with Crippen molar-refractivity contribution in [2.75, 3.05) is 38.0 Å². The van der Waals surface area contributed by atoms with Crippen molar-refractivity contribution >= 4 is 29.2 Å². The van der Waals surface area contributed by atoms with Crippen molar-refractivity contribution in [1.82, 2.24) is 20.5 Å². The van der Waals surface area contributed by atoms with Crippen LogP contribution >= 0.6 is 11.6 Å². The fourth-order valence-corrected chi connectivity index (χ4v) is 3.68. The number of nitrogens with one attached hydrogen (secondary N) is 3. The summed E-state index contributed by atoms with van der Waals surface area (Å²) in [5.41, 5.74) is 0. The number of amides is 2. The van der Waals surface area contributed by atoms with Gasteiger partial charge in [0.05, 0.1) is 17.6 Å². The van der Waals surface area contributed by atoms with Crippen LogP contribution in [-0.4, -0.2) is 60.5 Å². The molecule has 0 saturated carbocycles. The van der Waals surface area contributed by atoms with E-state index in [1.807, 2.05) is 0 Å². The zero-order valence-corrected chi connectivity index (χ0v) is 15.6. The predicted octanol–water partition coefficient (Wildman–Crippen LogP) is 1.25. The van der Waals surface area contributed by atoms with Gasteiger partial charge in [-0.3, -0.25) is 14.5 Å². The first-order chi connectivity index (χ1) is 12.6. The number of rotatable bonds is 6. The fourth-order valence-electron chi connectivity index (χ4n) is 3.57. The number of nitrogens with zero attached hydrogens (tertiary/aromatic N) is 2. The Morgan fingerprint density at radius 3 is 2.92 bits per heavy atom. The molecule has 0 aromatic carbocycles. The summed E-state index contributed by atoms with van der Waals surface area (Å²) in [7, 11) is 0. The maximum Gasteiger partial charge on any atom is 0.239 e. The van der Waals surface area contributed by atoms with E-state index in [9.17, 15) is 9.59 Å². The molecule has 2 aliphatic heterocycles. The topological polar surface area (TPSA) is 86.4 Å². The van der Waals surface area contributed by atoms with Gasteiger partial charge >= 0.3 is 0 Å². The van der Waals surface area contributed by atoms with Crippen LogP contribution in [0.25, 0.3) is 0 Å². The van der Waals surface area contributed by atoms with Gasteiger partial charge in [-0.25, -0.2) is 4.98 Å². The summed E-state index contributed by atoms with van der Waals surface area (Å²) in [6.07, 6.45) is 5.61. The van der Waals surface area contributed by atoms with Crippen LogP contribution in [0, 0.1) is 5.92 Å². The van der Waals surface area contributed by atoms with Gasteiger partial charge in [-0.2, -0.15) is 0 Å². The minimum atomic E-state index is -0.0836. The Labute approximate surface area is 158 Å². The average Bonchev–Trinajstić information content (AvgIpc) is 3.17. The highest BCUT2D eigenvalue weighted by Gasteiger charge is 2.25. The molecule has 3 rings (SSSR count). The number of pyridine rings is 1. The second-order valence-corrected chi connectivity index (χ2v) is 7.48. The number of piperidine rings is 1. The highest BCUT2D eigenvalue weighted by atomic mass is 35.5. The third-order valence-corrected chi connectivity index (χ3v) is 5.13. The van der Waals surface area contributed by atoms with E-state index >= 15 is 0 Å². The first-order valence-electron chi connectivity index (χ1n) is 9.25. The molecule has 2 amide bonds. The van der Waals surface area contributed by atoms with Gasteiger partial charge < -0.3 is 16.0 Å². The fraction of sp³-hybridized carbons (Fsp3) is 0.611. The zero-order chi connectivity index (χ0) is 18.4. The summed E-state index contributed by atoms with van der Waals surface area (Å²) >= 11 is 5.80. The standard InChI is InChI=1S/C18H26ClN5O2/c19-14-5-6-16(21-10-14)23-17(25)12-24-8-2-3-13(11-24)9-22-18(26)15-4-1-7-20-15/h5-6,10,13,15,20H,1-4,7-9,11-12H2,(H,22,26)(H,21,23,25). The van der Waals surface area contributed by atoms with Crippen LogP contribution in [0.1, 0.15) is 25.7 Å². The lowest BCUT2D eigenvalue weighted by molar-refractivity contribution is -0.123. The molecule has 26 heavy (non-hydrogen) atoms. The monoisotopic (exact) mass is 379 g/mol. The molecule has 0 spiro atoms. The molecule has 142 valence electrons. The van der Waals surface area contributed by atoms with Gasteiger partial charge in [0, 0.05) is 19.3 Å². The molecule has 1 aromatic rings. The average molecular weight is 380 g/mol. The van der Waals surface area contributed by atoms with E-state index in [2.05, 4.69) is 25.8 Å². The number of hydrogen-bond acceptors (Lipinski definition) is 5. The summed E-state index contributed by atoms with van der Waals surface area (Å²) in [5, 5.41) is 9.61. The van der Waals surface area contributed by atoms with Crippen LogP contribution < -0.4 is 16.0 Å². The van der Waals surface area contributed by atoms with Crippen molar-refractivity contribution in [2.45, 2.75) is 31.7 Å². The number of carbonyl (C=O) groups excluding carboxylic acids is 2. The maximum atomic E-state index is 12.2. The van der Waals surface area contributed by atoms with Crippen molar-refractivity contribution < 1.29 is 9.59 Å². The Balaban J connectivity index is 1.40. The Kier molecular flexibility index (Phi) is 6.82. The van der Waals surface area contributed by atoms with Gasteiger partial charge in [0.1, 0.15) is 5.82 Å². The lowest BCUT2D eigenvalue weighted by Gasteiger charge is -2.32. The highest BCUT2D eigenvalue weighted by molar-refractivity contribution is 6.30. The third-order valence-electron chi connectivity index (χ3n) is 4.91. The Hall–Kier alpha value is -1.70. The normalized spacial score (nSPS) is 23.6. The van der Waals surface area contributed by atoms with Crippen molar-refractivity contribution in [3.8, 4) is 0 Å². The minimum absolute atomic E-state index is 0.0349. The minimum Gasteiger partial charge on any atom is -0.354 e. The summed E-state index contributed by atoms with van der Waals surface area (Å²) in [5.74, 6) is 0.908. The second-order valence-electron chi connectivity index (χ2n) is 7.05. The Morgan fingerprint density at radius 2 is 2.19 bits per heavy atom. The van der Waals surface area contributed by atoms with Gasteiger partial charge in [-0.05, 0) is 56.8 Å². The van der Waals surface area contributed by atoms with Crippen molar-refractivity contribution in [1.29, 1.82) is 0 Å². The molecule has 2 aliphatic rings. The number of carbonyl (C=O) groups is 2. The summed E-state index contributed by atoms with van der Waals surface area (Å²) in [4.78, 5) is 30.5. The maximum absolute atomic E-state index is 12.2. The lowest BCUT2D eigenvalue weighted by Crippen LogP contribution is -2.46. The van der Waals surface area contributed by atoms with Crippen LogP contribution in [0.2, 0.25) is 5.02 Å². The highest BCUT2D eigenvalue weighted by Crippen LogP contribution is 2.16. The van der Waals surface area contributed by atoms with E-state index < -0.39 is 0 Å². The number of likely N-dealkylation sites (tertiary alicyclic amines) is 1. The van der Waals surface area contributed by atoms with E-state index in [4.69, 9.17) is 11.6 Å². The van der Waals surface area contributed by atoms with Gasteiger partial charge in [0.2, 0.25) is 11.8 Å². The van der Waals surface area contributed by atoms with Gasteiger partial charge in [0.25, 0.3) is 0 Å². The molecule has 2 saturated heterocycles. The molecule has 2 fully saturated rings. The number of hydrogen-bond donors (Lipinski definition) is 3. The van der Waals surface area contributed by atoms with Crippen LogP contribution in [0.4, 0.5) is 5.82 Å². The lowest BCUT2D eigenvalue weighted by atomic mass is 9.98. The SMILES string of the molecule is O=C(CN1CCCC(CNC(=O)C2CCCN2)C1)Nc1ccc(Cl)cn1.